The molecule has 0 radical (unpaired) electrons. The van der Waals surface area contributed by atoms with Gasteiger partial charge in [0.2, 0.25) is 11.8 Å². The van der Waals surface area contributed by atoms with Gasteiger partial charge in [-0.2, -0.15) is 0 Å². The largest absolute Gasteiger partial charge is 0.368 e. The van der Waals surface area contributed by atoms with Gasteiger partial charge in [-0.3, -0.25) is 14.4 Å². The summed E-state index contributed by atoms with van der Waals surface area (Å²) in [7, 11) is 0. The molecule has 2 aromatic carbocycles. The molecule has 1 atom stereocenters. The number of halogens is 1. The maximum Gasteiger partial charge on any atom is 0.252 e. The van der Waals surface area contributed by atoms with Crippen molar-refractivity contribution in [3.8, 4) is 0 Å². The van der Waals surface area contributed by atoms with Crippen LogP contribution in [0.4, 0.5) is 5.69 Å². The Morgan fingerprint density at radius 2 is 1.84 bits per heavy atom. The Morgan fingerprint density at radius 3 is 2.48 bits per heavy atom. The normalized spacial score (nSPS) is 11.4. The standard InChI is InChI=1S/C18H18IN3O3/c1-11(23)21-15-7-3-5-13(10-15)18(25)22-16(17(20)24)9-12-4-2-6-14(19)8-12/h2-8,10,16H,9H2,1H3,(H2,20,24)(H,21,23)(H,22,25)/t16-/m1/s1. The highest BCUT2D eigenvalue weighted by molar-refractivity contribution is 14.1. The number of nitrogens with one attached hydrogen (secondary N) is 2. The van der Waals surface area contributed by atoms with Gasteiger partial charge in [0.1, 0.15) is 6.04 Å². The summed E-state index contributed by atoms with van der Waals surface area (Å²) in [5.41, 5.74) is 7.18. The predicted molar refractivity (Wildman–Crippen MR) is 104 cm³/mol. The molecule has 2 aromatic rings. The second-order valence-electron chi connectivity index (χ2n) is 5.52. The Labute approximate surface area is 159 Å². The quantitative estimate of drug-likeness (QED) is 0.587. The minimum atomic E-state index is -0.824. The maximum atomic E-state index is 12.4. The summed E-state index contributed by atoms with van der Waals surface area (Å²) >= 11 is 2.18. The van der Waals surface area contributed by atoms with Gasteiger partial charge in [-0.05, 0) is 58.5 Å². The number of primary amides is 1. The van der Waals surface area contributed by atoms with Crippen LogP contribution >= 0.6 is 22.6 Å². The zero-order valence-corrected chi connectivity index (χ0v) is 15.7. The molecule has 6 nitrogen and oxygen atoms in total. The number of hydrogen-bond donors (Lipinski definition) is 3. The van der Waals surface area contributed by atoms with Gasteiger partial charge in [0.25, 0.3) is 5.91 Å². The highest BCUT2D eigenvalue weighted by Crippen LogP contribution is 2.13. The molecule has 0 heterocycles. The molecule has 25 heavy (non-hydrogen) atoms. The number of carbonyl (C=O) groups is 3. The Balaban J connectivity index is 2.12. The molecule has 0 fully saturated rings. The molecule has 0 aliphatic rings. The van der Waals surface area contributed by atoms with E-state index in [2.05, 4.69) is 33.2 Å². The van der Waals surface area contributed by atoms with Gasteiger partial charge in [-0.15, -0.1) is 0 Å². The number of carbonyl (C=O) groups excluding carboxylic acids is 3. The van der Waals surface area contributed by atoms with Crippen molar-refractivity contribution in [3.05, 3.63) is 63.2 Å². The summed E-state index contributed by atoms with van der Waals surface area (Å²) in [6, 6.07) is 13.3. The van der Waals surface area contributed by atoms with E-state index in [0.29, 0.717) is 17.7 Å². The molecule has 3 amide bonds. The molecule has 0 bridgehead atoms. The first-order valence-electron chi connectivity index (χ1n) is 7.57. The van der Waals surface area contributed by atoms with Gasteiger partial charge in [-0.1, -0.05) is 18.2 Å². The first kappa shape index (κ1) is 18.9. The van der Waals surface area contributed by atoms with Crippen molar-refractivity contribution in [3.63, 3.8) is 0 Å². The lowest BCUT2D eigenvalue weighted by atomic mass is 10.0. The second kappa shape index (κ2) is 8.61. The zero-order valence-electron chi connectivity index (χ0n) is 13.6. The summed E-state index contributed by atoms with van der Waals surface area (Å²) in [5.74, 6) is -1.27. The molecule has 0 aromatic heterocycles. The molecule has 0 unspecified atom stereocenters. The van der Waals surface area contributed by atoms with Gasteiger partial charge in [0, 0.05) is 28.2 Å². The zero-order chi connectivity index (χ0) is 18.4. The van der Waals surface area contributed by atoms with E-state index >= 15 is 0 Å². The highest BCUT2D eigenvalue weighted by Gasteiger charge is 2.19. The highest BCUT2D eigenvalue weighted by atomic mass is 127. The fraction of sp³-hybridized carbons (Fsp3) is 0.167. The number of rotatable bonds is 6. The van der Waals surface area contributed by atoms with Crippen molar-refractivity contribution in [2.45, 2.75) is 19.4 Å². The van der Waals surface area contributed by atoms with Crippen LogP contribution < -0.4 is 16.4 Å². The topological polar surface area (TPSA) is 101 Å². The van der Waals surface area contributed by atoms with Crippen LogP contribution in [-0.2, 0) is 16.0 Å². The third-order valence-electron chi connectivity index (χ3n) is 3.42. The summed E-state index contributed by atoms with van der Waals surface area (Å²) in [6.45, 7) is 1.39. The smallest absolute Gasteiger partial charge is 0.252 e. The fourth-order valence-corrected chi connectivity index (χ4v) is 2.91. The lowest BCUT2D eigenvalue weighted by Crippen LogP contribution is -2.45. The Hall–Kier alpha value is -2.42. The van der Waals surface area contributed by atoms with Gasteiger partial charge in [0.15, 0.2) is 0 Å². The Kier molecular flexibility index (Phi) is 6.51. The number of hydrogen-bond acceptors (Lipinski definition) is 3. The second-order valence-corrected chi connectivity index (χ2v) is 6.77. The summed E-state index contributed by atoms with van der Waals surface area (Å²) < 4.78 is 1.03. The molecule has 130 valence electrons. The van der Waals surface area contributed by atoms with Crippen LogP contribution in [0.15, 0.2) is 48.5 Å². The third-order valence-corrected chi connectivity index (χ3v) is 4.09. The SMILES string of the molecule is CC(=O)Nc1cccc(C(=O)N[C@H](Cc2cccc(I)c2)C(N)=O)c1. The molecular weight excluding hydrogens is 433 g/mol. The molecule has 7 heteroatoms. The molecule has 4 N–H and O–H groups in total. The molecule has 2 rings (SSSR count). The van der Waals surface area contributed by atoms with E-state index < -0.39 is 17.9 Å². The summed E-state index contributed by atoms with van der Waals surface area (Å²) in [4.78, 5) is 35.3. The van der Waals surface area contributed by atoms with Crippen LogP contribution in [0.1, 0.15) is 22.8 Å². The molecule has 0 aliphatic heterocycles. The average molecular weight is 451 g/mol. The van der Waals surface area contributed by atoms with Gasteiger partial charge in [0.05, 0.1) is 0 Å². The number of amides is 3. The van der Waals surface area contributed by atoms with Gasteiger partial charge >= 0.3 is 0 Å². The van der Waals surface area contributed by atoms with E-state index in [1.54, 1.807) is 24.3 Å². The van der Waals surface area contributed by atoms with Crippen LogP contribution in [0.25, 0.3) is 0 Å². The summed E-state index contributed by atoms with van der Waals surface area (Å²) in [5, 5.41) is 5.26. The average Bonchev–Trinajstić information content (AvgIpc) is 2.53. The lowest BCUT2D eigenvalue weighted by molar-refractivity contribution is -0.119. The monoisotopic (exact) mass is 451 g/mol. The van der Waals surface area contributed by atoms with Crippen LogP contribution in [0, 0.1) is 3.57 Å². The third kappa shape index (κ3) is 5.86. The predicted octanol–water partition coefficient (Wildman–Crippen LogP) is 2.08. The summed E-state index contributed by atoms with van der Waals surface area (Å²) in [6.07, 6.45) is 0.309. The molecule has 0 spiro atoms. The Bertz CT molecular complexity index is 808. The lowest BCUT2D eigenvalue weighted by Gasteiger charge is -2.16. The first-order chi connectivity index (χ1) is 11.8. The molecular formula is C18H18IN3O3. The van der Waals surface area contributed by atoms with Crippen LogP contribution in [0.3, 0.4) is 0 Å². The van der Waals surface area contributed by atoms with Crippen molar-refractivity contribution in [2.75, 3.05) is 5.32 Å². The van der Waals surface area contributed by atoms with Crippen LogP contribution in [0.5, 0.6) is 0 Å². The van der Waals surface area contributed by atoms with E-state index in [1.165, 1.54) is 6.92 Å². The van der Waals surface area contributed by atoms with E-state index in [9.17, 15) is 14.4 Å². The number of benzene rings is 2. The maximum absolute atomic E-state index is 12.4. The van der Waals surface area contributed by atoms with Gasteiger partial charge in [-0.25, -0.2) is 0 Å². The van der Waals surface area contributed by atoms with E-state index in [0.717, 1.165) is 9.13 Å². The number of nitrogens with two attached hydrogens (primary N) is 1. The van der Waals surface area contributed by atoms with Crippen molar-refractivity contribution >= 4 is 46.0 Å². The Morgan fingerprint density at radius 1 is 1.12 bits per heavy atom. The van der Waals surface area contributed by atoms with Gasteiger partial charge < -0.3 is 16.4 Å². The molecule has 0 saturated carbocycles. The molecule has 0 saturated heterocycles. The number of anilines is 1. The molecule has 0 aliphatic carbocycles. The van der Waals surface area contributed by atoms with Crippen molar-refractivity contribution < 1.29 is 14.4 Å². The van der Waals surface area contributed by atoms with Crippen LogP contribution in [-0.4, -0.2) is 23.8 Å². The van der Waals surface area contributed by atoms with E-state index in [1.807, 2.05) is 24.3 Å². The first-order valence-corrected chi connectivity index (χ1v) is 8.65. The fourth-order valence-electron chi connectivity index (χ4n) is 2.31. The van der Waals surface area contributed by atoms with Crippen LogP contribution in [0.2, 0.25) is 0 Å². The van der Waals surface area contributed by atoms with Crippen molar-refractivity contribution in [1.29, 1.82) is 0 Å². The minimum Gasteiger partial charge on any atom is -0.368 e. The van der Waals surface area contributed by atoms with E-state index in [4.69, 9.17) is 5.73 Å². The van der Waals surface area contributed by atoms with Crippen molar-refractivity contribution in [1.82, 2.24) is 5.32 Å². The van der Waals surface area contributed by atoms with E-state index in [-0.39, 0.29) is 5.91 Å². The van der Waals surface area contributed by atoms with Crippen molar-refractivity contribution in [2.24, 2.45) is 5.73 Å². The minimum absolute atomic E-state index is 0.230.